The van der Waals surface area contributed by atoms with Gasteiger partial charge in [0.25, 0.3) is 0 Å². The lowest BCUT2D eigenvalue weighted by Gasteiger charge is -2.24. The molecule has 18 heavy (non-hydrogen) atoms. The van der Waals surface area contributed by atoms with E-state index in [1.165, 1.54) is 0 Å². The molecule has 7 heteroatoms. The van der Waals surface area contributed by atoms with Crippen molar-refractivity contribution in [3.63, 3.8) is 0 Å². The topological polar surface area (TPSA) is 12.0 Å². The zero-order valence-electron chi connectivity index (χ0n) is 9.20. The smallest absolute Gasteiger partial charge is 0.200 e. The van der Waals surface area contributed by atoms with Crippen LogP contribution in [0.15, 0.2) is 0 Å². The Balaban J connectivity index is 2.32. The number of nitrogens with one attached hydrogen (secondary N) is 1. The summed E-state index contributed by atoms with van der Waals surface area (Å²) in [6.45, 7) is 0. The molecule has 1 aliphatic heterocycles. The third kappa shape index (κ3) is 2.41. The second-order valence-corrected chi connectivity index (χ2v) is 5.20. The first-order valence-corrected chi connectivity index (χ1v) is 6.53. The van der Waals surface area contributed by atoms with Gasteiger partial charge < -0.3 is 5.32 Å². The molecule has 0 aliphatic carbocycles. The number of halogens is 5. The Labute approximate surface area is 105 Å². The molecule has 1 N–H and O–H groups in total. The fraction of sp³-hybridized carbons (Fsp3) is 0.455. The van der Waals surface area contributed by atoms with Gasteiger partial charge in [0.15, 0.2) is 23.3 Å². The van der Waals surface area contributed by atoms with Crippen LogP contribution >= 0.6 is 11.8 Å². The van der Waals surface area contributed by atoms with Crippen molar-refractivity contribution in [3.8, 4) is 0 Å². The van der Waals surface area contributed by atoms with Crippen LogP contribution in [0.25, 0.3) is 0 Å². The molecule has 0 saturated carbocycles. The molecule has 0 bridgehead atoms. The molecule has 1 saturated heterocycles. The second kappa shape index (κ2) is 5.34. The fourth-order valence-corrected chi connectivity index (χ4v) is 2.88. The zero-order chi connectivity index (χ0) is 13.3. The summed E-state index contributed by atoms with van der Waals surface area (Å²) in [4.78, 5) is 0. The van der Waals surface area contributed by atoms with E-state index in [9.17, 15) is 22.0 Å². The normalized spacial score (nSPS) is 16.9. The molecule has 1 nitrogen and oxygen atoms in total. The van der Waals surface area contributed by atoms with Crippen LogP contribution in [0.5, 0.6) is 0 Å². The van der Waals surface area contributed by atoms with Gasteiger partial charge in [-0.1, -0.05) is 0 Å². The summed E-state index contributed by atoms with van der Waals surface area (Å²) in [6, 6.07) is -0.264. The van der Waals surface area contributed by atoms with Crippen LogP contribution in [-0.4, -0.2) is 17.5 Å². The molecule has 0 radical (unpaired) electrons. The molecule has 1 heterocycles. The standard InChI is InChI=1S/C11H10F5NS/c12-6-7(13)9(15)11(10(16)8(6)14)17-5-1-3-18-4-2-5/h5,17H,1-4H2. The van der Waals surface area contributed by atoms with Crippen LogP contribution in [0.3, 0.4) is 0 Å². The van der Waals surface area contributed by atoms with Crippen molar-refractivity contribution in [1.82, 2.24) is 0 Å². The molecule has 100 valence electrons. The van der Waals surface area contributed by atoms with Crippen molar-refractivity contribution in [2.45, 2.75) is 18.9 Å². The summed E-state index contributed by atoms with van der Waals surface area (Å²) >= 11 is 1.69. The van der Waals surface area contributed by atoms with Gasteiger partial charge in [0.05, 0.1) is 0 Å². The Morgan fingerprint density at radius 1 is 0.778 bits per heavy atom. The highest BCUT2D eigenvalue weighted by Gasteiger charge is 2.27. The van der Waals surface area contributed by atoms with Crippen LogP contribution in [0.4, 0.5) is 27.6 Å². The first-order chi connectivity index (χ1) is 8.52. The van der Waals surface area contributed by atoms with E-state index in [0.717, 1.165) is 11.5 Å². The van der Waals surface area contributed by atoms with E-state index in [1.807, 2.05) is 0 Å². The molecule has 1 aromatic rings. The van der Waals surface area contributed by atoms with Crippen LogP contribution in [0.1, 0.15) is 12.8 Å². The molecule has 0 aromatic heterocycles. The molecular weight excluding hydrogens is 273 g/mol. The summed E-state index contributed by atoms with van der Waals surface area (Å²) in [5.41, 5.74) is -0.928. The third-order valence-corrected chi connectivity index (χ3v) is 3.83. The number of rotatable bonds is 2. The van der Waals surface area contributed by atoms with Gasteiger partial charge in [0.2, 0.25) is 5.82 Å². The van der Waals surface area contributed by atoms with Crippen molar-refractivity contribution in [3.05, 3.63) is 29.1 Å². The van der Waals surface area contributed by atoms with Crippen molar-refractivity contribution in [2.24, 2.45) is 0 Å². The molecule has 1 aliphatic rings. The lowest BCUT2D eigenvalue weighted by atomic mass is 10.1. The van der Waals surface area contributed by atoms with Crippen LogP contribution < -0.4 is 5.32 Å². The lowest BCUT2D eigenvalue weighted by molar-refractivity contribution is 0.380. The van der Waals surface area contributed by atoms with E-state index >= 15 is 0 Å². The van der Waals surface area contributed by atoms with E-state index in [4.69, 9.17) is 0 Å². The predicted octanol–water partition coefficient (Wildman–Crippen LogP) is 3.69. The minimum atomic E-state index is -2.13. The Kier molecular flexibility index (Phi) is 3.99. The lowest BCUT2D eigenvalue weighted by Crippen LogP contribution is -2.26. The first kappa shape index (κ1) is 13.5. The average molecular weight is 283 g/mol. The van der Waals surface area contributed by atoms with Crippen molar-refractivity contribution in [2.75, 3.05) is 16.8 Å². The van der Waals surface area contributed by atoms with Crippen molar-refractivity contribution < 1.29 is 22.0 Å². The summed E-state index contributed by atoms with van der Waals surface area (Å²) < 4.78 is 65.5. The van der Waals surface area contributed by atoms with Crippen LogP contribution in [0.2, 0.25) is 0 Å². The molecule has 2 rings (SSSR count). The third-order valence-electron chi connectivity index (χ3n) is 2.78. The Hall–Kier alpha value is -0.980. The van der Waals surface area contributed by atoms with E-state index in [-0.39, 0.29) is 6.04 Å². The maximum absolute atomic E-state index is 13.4. The Morgan fingerprint density at radius 2 is 1.22 bits per heavy atom. The molecule has 0 amide bonds. The maximum Gasteiger partial charge on any atom is 0.200 e. The highest BCUT2D eigenvalue weighted by atomic mass is 32.2. The highest BCUT2D eigenvalue weighted by molar-refractivity contribution is 7.99. The van der Waals surface area contributed by atoms with E-state index in [2.05, 4.69) is 5.32 Å². The SMILES string of the molecule is Fc1c(F)c(F)c(NC2CCSCC2)c(F)c1F. The van der Waals surface area contributed by atoms with Gasteiger partial charge in [-0.05, 0) is 24.3 Å². The maximum atomic E-state index is 13.4. The van der Waals surface area contributed by atoms with Crippen molar-refractivity contribution in [1.29, 1.82) is 0 Å². The minimum absolute atomic E-state index is 0.264. The monoisotopic (exact) mass is 283 g/mol. The molecule has 0 spiro atoms. The van der Waals surface area contributed by atoms with Gasteiger partial charge in [-0.15, -0.1) is 0 Å². The first-order valence-electron chi connectivity index (χ1n) is 5.38. The molecular formula is C11H10F5NS. The minimum Gasteiger partial charge on any atom is -0.377 e. The van der Waals surface area contributed by atoms with E-state index in [0.29, 0.717) is 12.8 Å². The van der Waals surface area contributed by atoms with Gasteiger partial charge in [0, 0.05) is 6.04 Å². The largest absolute Gasteiger partial charge is 0.377 e. The fourth-order valence-electron chi connectivity index (χ4n) is 1.78. The quantitative estimate of drug-likeness (QED) is 0.505. The highest BCUT2D eigenvalue weighted by Crippen LogP contribution is 2.29. The van der Waals surface area contributed by atoms with Gasteiger partial charge >= 0.3 is 0 Å². The molecule has 1 fully saturated rings. The summed E-state index contributed by atoms with van der Waals surface area (Å²) in [5, 5.41) is 2.42. The number of hydrogen-bond donors (Lipinski definition) is 1. The predicted molar refractivity (Wildman–Crippen MR) is 60.2 cm³/mol. The van der Waals surface area contributed by atoms with Gasteiger partial charge in [0.1, 0.15) is 5.69 Å². The van der Waals surface area contributed by atoms with Crippen LogP contribution in [0, 0.1) is 29.1 Å². The summed E-state index contributed by atoms with van der Waals surface area (Å²) in [5.74, 6) is -7.97. The molecule has 0 atom stereocenters. The summed E-state index contributed by atoms with van der Waals surface area (Å²) in [7, 11) is 0. The van der Waals surface area contributed by atoms with Crippen molar-refractivity contribution >= 4 is 17.4 Å². The molecule has 0 unspecified atom stereocenters. The zero-order valence-corrected chi connectivity index (χ0v) is 10.0. The van der Waals surface area contributed by atoms with Crippen LogP contribution in [-0.2, 0) is 0 Å². The van der Waals surface area contributed by atoms with E-state index in [1.54, 1.807) is 11.8 Å². The van der Waals surface area contributed by atoms with E-state index < -0.39 is 34.8 Å². The average Bonchev–Trinajstić information content (AvgIpc) is 2.40. The Morgan fingerprint density at radius 3 is 1.72 bits per heavy atom. The number of thioether (sulfide) groups is 1. The number of anilines is 1. The molecule has 1 aromatic carbocycles. The summed E-state index contributed by atoms with van der Waals surface area (Å²) in [6.07, 6.45) is 1.26. The van der Waals surface area contributed by atoms with Gasteiger partial charge in [-0.3, -0.25) is 0 Å². The number of benzene rings is 1. The van der Waals surface area contributed by atoms with Gasteiger partial charge in [-0.2, -0.15) is 11.8 Å². The van der Waals surface area contributed by atoms with Gasteiger partial charge in [-0.25, -0.2) is 22.0 Å². The second-order valence-electron chi connectivity index (χ2n) is 3.98. The number of hydrogen-bond acceptors (Lipinski definition) is 2. The Bertz CT molecular complexity index is 430.